The zero-order valence-electron chi connectivity index (χ0n) is 26.2. The van der Waals surface area contributed by atoms with Crippen LogP contribution in [0.25, 0.3) is 10.8 Å². The Morgan fingerprint density at radius 2 is 1.64 bits per heavy atom. The summed E-state index contributed by atoms with van der Waals surface area (Å²) < 4.78 is 0. The van der Waals surface area contributed by atoms with Crippen molar-refractivity contribution in [1.29, 1.82) is 0 Å². The van der Waals surface area contributed by atoms with Crippen LogP contribution in [0, 0.1) is 0 Å². The van der Waals surface area contributed by atoms with Crippen molar-refractivity contribution < 1.29 is 29.1 Å². The Kier molecular flexibility index (Phi) is 11.0. The summed E-state index contributed by atoms with van der Waals surface area (Å²) >= 11 is 0. The number of hydrogen-bond acceptors (Lipinski definition) is 7. The largest absolute Gasteiger partial charge is 0.508 e. The van der Waals surface area contributed by atoms with Gasteiger partial charge in [0.1, 0.15) is 23.9 Å². The topological polar surface area (TPSA) is 183 Å². The zero-order chi connectivity index (χ0) is 33.3. The molecule has 2 saturated heterocycles. The molecule has 2 heterocycles. The van der Waals surface area contributed by atoms with Gasteiger partial charge in [-0.05, 0) is 72.6 Å². The lowest BCUT2D eigenvalue weighted by Crippen LogP contribution is -2.58. The van der Waals surface area contributed by atoms with Crippen molar-refractivity contribution in [3.8, 4) is 5.75 Å². The predicted octanol–water partition coefficient (Wildman–Crippen LogP) is 1.03. The molecule has 2 aliphatic rings. The van der Waals surface area contributed by atoms with Crippen molar-refractivity contribution in [3.05, 3.63) is 77.9 Å². The summed E-state index contributed by atoms with van der Waals surface area (Å²) in [5.74, 6) is -2.14. The van der Waals surface area contributed by atoms with Crippen LogP contribution in [0.15, 0.2) is 66.7 Å². The molecule has 0 aromatic heterocycles. The van der Waals surface area contributed by atoms with Crippen molar-refractivity contribution in [2.45, 2.75) is 69.1 Å². The highest BCUT2D eigenvalue weighted by Crippen LogP contribution is 2.22. The van der Waals surface area contributed by atoms with Crippen LogP contribution in [0.2, 0.25) is 0 Å². The van der Waals surface area contributed by atoms with E-state index in [0.29, 0.717) is 38.8 Å². The Bertz CT molecular complexity index is 1610. The highest BCUT2D eigenvalue weighted by Gasteiger charge is 2.38. The third kappa shape index (κ3) is 8.85. The summed E-state index contributed by atoms with van der Waals surface area (Å²) in [7, 11) is 0. The second-order valence-corrected chi connectivity index (χ2v) is 12.2. The molecule has 0 radical (unpaired) electrons. The maximum atomic E-state index is 14.1. The van der Waals surface area contributed by atoms with Gasteiger partial charge in [0.05, 0.1) is 12.6 Å². The number of amides is 5. The van der Waals surface area contributed by atoms with Gasteiger partial charge in [0.25, 0.3) is 0 Å². The van der Waals surface area contributed by atoms with Crippen LogP contribution in [-0.4, -0.2) is 83.3 Å². The minimum absolute atomic E-state index is 0.0966. The summed E-state index contributed by atoms with van der Waals surface area (Å²) in [5, 5.41) is 22.7. The van der Waals surface area contributed by atoms with E-state index in [2.05, 4.69) is 21.3 Å². The number of nitrogens with zero attached hydrogens (tertiary/aromatic N) is 1. The number of aromatic hydroxyl groups is 1. The maximum absolute atomic E-state index is 14.1. The van der Waals surface area contributed by atoms with Crippen LogP contribution in [0.1, 0.15) is 43.2 Å². The fourth-order valence-corrected chi connectivity index (χ4v) is 6.15. The van der Waals surface area contributed by atoms with Crippen molar-refractivity contribution in [3.63, 3.8) is 0 Å². The molecule has 0 bridgehead atoms. The average molecular weight is 643 g/mol. The first-order chi connectivity index (χ1) is 22.7. The predicted molar refractivity (Wildman–Crippen MR) is 176 cm³/mol. The number of phenols is 1. The lowest BCUT2D eigenvalue weighted by Gasteiger charge is -2.30. The number of nitrogens with two attached hydrogens (primary N) is 1. The maximum Gasteiger partial charge on any atom is 0.246 e. The third-order valence-corrected chi connectivity index (χ3v) is 8.73. The van der Waals surface area contributed by atoms with Crippen LogP contribution >= 0.6 is 0 Å². The molecule has 2 fully saturated rings. The minimum Gasteiger partial charge on any atom is -0.508 e. The molecular weight excluding hydrogens is 600 g/mol. The number of nitrogens with one attached hydrogen (secondary N) is 4. The third-order valence-electron chi connectivity index (χ3n) is 8.73. The summed E-state index contributed by atoms with van der Waals surface area (Å²) in [4.78, 5) is 68.2. The SMILES string of the molecule is N[C@@H](Cc1ccc(O)cc1)C(=O)N[C@@H]1CCCCNC(=O)CNC(=O)[C@H]2CCCN2C(=O)[C@H](Cc2ccc3ccccc3c2)NC1=O. The Morgan fingerprint density at radius 3 is 2.43 bits per heavy atom. The molecule has 7 N–H and O–H groups in total. The molecule has 0 unspecified atom stereocenters. The normalized spacial score (nSPS) is 22.1. The van der Waals surface area contributed by atoms with Gasteiger partial charge in [0, 0.05) is 19.5 Å². The van der Waals surface area contributed by atoms with Gasteiger partial charge in [0.2, 0.25) is 29.5 Å². The second-order valence-electron chi connectivity index (χ2n) is 12.2. The van der Waals surface area contributed by atoms with E-state index in [1.807, 2.05) is 42.5 Å². The average Bonchev–Trinajstić information content (AvgIpc) is 3.56. The van der Waals surface area contributed by atoms with Crippen LogP contribution in [0.5, 0.6) is 5.75 Å². The van der Waals surface area contributed by atoms with Crippen LogP contribution in [0.4, 0.5) is 0 Å². The van der Waals surface area contributed by atoms with E-state index in [1.165, 1.54) is 17.0 Å². The smallest absolute Gasteiger partial charge is 0.246 e. The Labute approximate surface area is 273 Å². The van der Waals surface area contributed by atoms with E-state index >= 15 is 0 Å². The van der Waals surface area contributed by atoms with E-state index in [0.717, 1.165) is 21.9 Å². The van der Waals surface area contributed by atoms with E-state index in [4.69, 9.17) is 5.73 Å². The van der Waals surface area contributed by atoms with Gasteiger partial charge in [0.15, 0.2) is 0 Å². The number of carbonyl (C=O) groups excluding carboxylic acids is 5. The van der Waals surface area contributed by atoms with E-state index < -0.39 is 47.8 Å². The molecule has 2 aliphatic heterocycles. The lowest BCUT2D eigenvalue weighted by molar-refractivity contribution is -0.142. The zero-order valence-corrected chi connectivity index (χ0v) is 26.2. The second kappa shape index (κ2) is 15.5. The van der Waals surface area contributed by atoms with Crippen LogP contribution < -0.4 is 27.0 Å². The van der Waals surface area contributed by atoms with Crippen molar-refractivity contribution in [1.82, 2.24) is 26.2 Å². The summed E-state index contributed by atoms with van der Waals surface area (Å²) in [6.07, 6.45) is 2.65. The first kappa shape index (κ1) is 33.4. The number of carbonyl (C=O) groups is 5. The van der Waals surface area contributed by atoms with Crippen molar-refractivity contribution in [2.75, 3.05) is 19.6 Å². The molecule has 0 aliphatic carbocycles. The quantitative estimate of drug-likeness (QED) is 0.232. The molecule has 0 spiro atoms. The van der Waals surface area contributed by atoms with Crippen molar-refractivity contribution in [2.24, 2.45) is 5.73 Å². The van der Waals surface area contributed by atoms with Gasteiger partial charge in [-0.25, -0.2) is 0 Å². The molecule has 248 valence electrons. The molecule has 47 heavy (non-hydrogen) atoms. The standard InChI is InChI=1S/C35H42N6O6/c36-27(19-22-11-14-26(42)15-12-22)32(44)39-28-8-3-4-16-37-31(43)21-38-34(46)30-9-5-17-41(30)35(47)29(40-33(28)45)20-23-10-13-24-6-1-2-7-25(24)18-23/h1-2,6-7,10-15,18,27-30,42H,3-5,8-9,16-17,19-21,36H2,(H,37,43)(H,38,46)(H,39,44)(H,40,45)/t27-,28+,29-,30+/m0/s1. The van der Waals surface area contributed by atoms with E-state index in [9.17, 15) is 29.1 Å². The van der Waals surface area contributed by atoms with E-state index in [-0.39, 0.29) is 37.5 Å². The van der Waals surface area contributed by atoms with Gasteiger partial charge in [-0.1, -0.05) is 54.6 Å². The lowest BCUT2D eigenvalue weighted by atomic mass is 9.99. The summed E-state index contributed by atoms with van der Waals surface area (Å²) in [6, 6.07) is 16.3. The highest BCUT2D eigenvalue weighted by atomic mass is 16.3. The number of benzene rings is 3. The molecule has 12 nitrogen and oxygen atoms in total. The number of hydrogen-bond donors (Lipinski definition) is 6. The van der Waals surface area contributed by atoms with Crippen LogP contribution in [0.3, 0.4) is 0 Å². The van der Waals surface area contributed by atoms with Gasteiger partial charge in [-0.3, -0.25) is 24.0 Å². The minimum atomic E-state index is -1.02. The Balaban J connectivity index is 1.39. The molecule has 4 atom stereocenters. The number of rotatable bonds is 6. The molecule has 5 rings (SSSR count). The molecule has 12 heteroatoms. The van der Waals surface area contributed by atoms with Gasteiger partial charge in [-0.15, -0.1) is 0 Å². The van der Waals surface area contributed by atoms with Gasteiger partial charge < -0.3 is 37.0 Å². The number of phenolic OH excluding ortho intramolecular Hbond substituents is 1. The van der Waals surface area contributed by atoms with E-state index in [1.54, 1.807) is 12.1 Å². The summed E-state index contributed by atoms with van der Waals surface area (Å²) in [5.41, 5.74) is 7.79. The Hall–Kier alpha value is -4.97. The number of fused-ring (bicyclic) bond motifs is 2. The summed E-state index contributed by atoms with van der Waals surface area (Å²) in [6.45, 7) is 0.460. The molecule has 3 aromatic carbocycles. The molecule has 3 aromatic rings. The Morgan fingerprint density at radius 1 is 0.894 bits per heavy atom. The van der Waals surface area contributed by atoms with Gasteiger partial charge >= 0.3 is 0 Å². The first-order valence-electron chi connectivity index (χ1n) is 16.1. The fourth-order valence-electron chi connectivity index (χ4n) is 6.15. The van der Waals surface area contributed by atoms with Gasteiger partial charge in [-0.2, -0.15) is 0 Å². The fraction of sp³-hybridized carbons (Fsp3) is 0.400. The van der Waals surface area contributed by atoms with Crippen LogP contribution in [-0.2, 0) is 36.8 Å². The molecular formula is C35H42N6O6. The first-order valence-corrected chi connectivity index (χ1v) is 16.1. The van der Waals surface area contributed by atoms with Crippen molar-refractivity contribution >= 4 is 40.3 Å². The highest BCUT2D eigenvalue weighted by molar-refractivity contribution is 5.96. The molecule has 0 saturated carbocycles. The molecule has 5 amide bonds. The monoisotopic (exact) mass is 642 g/mol.